The van der Waals surface area contributed by atoms with Crippen molar-refractivity contribution in [3.8, 4) is 0 Å². The molecule has 36 heavy (non-hydrogen) atoms. The Labute approximate surface area is 212 Å². The van der Waals surface area contributed by atoms with Crippen LogP contribution in [0.15, 0.2) is 16.6 Å². The number of allylic oxidation sites excluding steroid dienone is 1. The lowest BCUT2D eigenvalue weighted by Crippen LogP contribution is -2.57. The predicted octanol–water partition coefficient (Wildman–Crippen LogP) is -1.14. The number of aliphatic carboxylic acids is 1. The zero-order valence-electron chi connectivity index (χ0n) is 21.7. The Kier molecular flexibility index (Phi) is 15.4. The van der Waals surface area contributed by atoms with Crippen LogP contribution in [0.25, 0.3) is 0 Å². The summed E-state index contributed by atoms with van der Waals surface area (Å²) >= 11 is 0. The average Bonchev–Trinajstić information content (AvgIpc) is 3.23. The second kappa shape index (κ2) is 17.0. The Bertz CT molecular complexity index is 822. The molecular formula is C23H41N7O6. The first-order valence-corrected chi connectivity index (χ1v) is 11.9. The van der Waals surface area contributed by atoms with E-state index in [-0.39, 0.29) is 37.0 Å². The summed E-state index contributed by atoms with van der Waals surface area (Å²) in [7, 11) is 1.85. The van der Waals surface area contributed by atoms with E-state index in [2.05, 4.69) is 20.9 Å². The monoisotopic (exact) mass is 511 g/mol. The number of likely N-dealkylation sites (tertiary alicyclic amines) is 1. The summed E-state index contributed by atoms with van der Waals surface area (Å²) < 4.78 is 0. The second-order valence-electron chi connectivity index (χ2n) is 8.55. The Hall–Kier alpha value is -3.48. The maximum Gasteiger partial charge on any atom is 0.333 e. The van der Waals surface area contributed by atoms with E-state index in [1.54, 1.807) is 6.92 Å². The molecule has 1 saturated heterocycles. The lowest BCUT2D eigenvalue weighted by Gasteiger charge is -2.25. The number of aliphatic imine (C=N–C) groups is 1. The molecule has 1 aliphatic heterocycles. The minimum atomic E-state index is -1.69. The summed E-state index contributed by atoms with van der Waals surface area (Å²) in [6.07, 6.45) is 3.96. The Morgan fingerprint density at radius 2 is 1.69 bits per heavy atom. The zero-order chi connectivity index (χ0) is 27.8. The molecule has 0 aromatic heterocycles. The molecule has 0 spiro atoms. The number of guanidine groups is 1. The van der Waals surface area contributed by atoms with Crippen LogP contribution in [0.5, 0.6) is 0 Å². The van der Waals surface area contributed by atoms with Crippen molar-refractivity contribution in [2.45, 2.75) is 77.5 Å². The molecule has 1 rings (SSSR count). The minimum absolute atomic E-state index is 0.102. The van der Waals surface area contributed by atoms with E-state index < -0.39 is 35.9 Å². The summed E-state index contributed by atoms with van der Waals surface area (Å²) in [6.45, 7) is 8.73. The molecule has 3 amide bonds. The molecule has 4 atom stereocenters. The number of aldehydes is 1. The van der Waals surface area contributed by atoms with Crippen molar-refractivity contribution < 1.29 is 29.1 Å². The molecule has 204 valence electrons. The van der Waals surface area contributed by atoms with Gasteiger partial charge in [0.25, 0.3) is 0 Å². The van der Waals surface area contributed by atoms with Crippen molar-refractivity contribution in [1.82, 2.24) is 20.9 Å². The van der Waals surface area contributed by atoms with Crippen molar-refractivity contribution in [3.05, 3.63) is 11.6 Å². The van der Waals surface area contributed by atoms with Crippen molar-refractivity contribution in [1.29, 1.82) is 0 Å². The molecule has 8 N–H and O–H groups in total. The van der Waals surface area contributed by atoms with Crippen LogP contribution in [0.1, 0.15) is 53.4 Å². The molecule has 13 heteroatoms. The first-order valence-electron chi connectivity index (χ1n) is 11.9. The van der Waals surface area contributed by atoms with Gasteiger partial charge in [0.15, 0.2) is 18.3 Å². The third-order valence-electron chi connectivity index (χ3n) is 5.30. The van der Waals surface area contributed by atoms with Crippen molar-refractivity contribution in [3.63, 3.8) is 0 Å². The SMILES string of the molecule is CCN=C(N)N.CC[C@H](NC(=O)[C@H](CC=C(C)C)NC(=O)[C@@H]1CCCN1C)C(=O)N[C@@H](C=O)C(=O)O. The van der Waals surface area contributed by atoms with Crippen molar-refractivity contribution in [2.24, 2.45) is 16.5 Å². The van der Waals surface area contributed by atoms with Crippen LogP contribution >= 0.6 is 0 Å². The summed E-state index contributed by atoms with van der Waals surface area (Å²) in [5, 5.41) is 16.3. The second-order valence-corrected chi connectivity index (χ2v) is 8.55. The number of nitrogens with two attached hydrogens (primary N) is 2. The summed E-state index contributed by atoms with van der Waals surface area (Å²) in [5.41, 5.74) is 10.8. The Morgan fingerprint density at radius 3 is 2.08 bits per heavy atom. The van der Waals surface area contributed by atoms with E-state index in [4.69, 9.17) is 16.6 Å². The van der Waals surface area contributed by atoms with Gasteiger partial charge in [-0.05, 0) is 60.0 Å². The zero-order valence-corrected chi connectivity index (χ0v) is 21.7. The number of hydrogen-bond donors (Lipinski definition) is 6. The number of nitrogens with one attached hydrogen (secondary N) is 3. The van der Waals surface area contributed by atoms with Crippen LogP contribution in [0.3, 0.4) is 0 Å². The molecule has 0 unspecified atom stereocenters. The summed E-state index contributed by atoms with van der Waals surface area (Å²) in [5.74, 6) is -2.91. The Balaban J connectivity index is 0.00000181. The normalized spacial score (nSPS) is 17.2. The number of carboxylic acid groups (broad SMARTS) is 1. The van der Waals surface area contributed by atoms with Gasteiger partial charge in [-0.15, -0.1) is 0 Å². The van der Waals surface area contributed by atoms with Gasteiger partial charge < -0.3 is 37.3 Å². The molecule has 1 fully saturated rings. The highest BCUT2D eigenvalue weighted by molar-refractivity contribution is 5.98. The van der Waals surface area contributed by atoms with Crippen LogP contribution in [-0.2, 0) is 24.0 Å². The molecule has 0 radical (unpaired) electrons. The standard InChI is InChI=1S/C20H32N4O6.C3H9N3/c1-5-13(17(26)23-15(11-25)20(29)30)21-18(27)14(9-8-12(2)3)22-19(28)16-7-6-10-24(16)4;1-2-6-3(4)5/h8,11,13-16H,5-7,9-10H2,1-4H3,(H,21,27)(H,22,28)(H,23,26)(H,29,30);2H2,1H3,(H4,4,5,6)/t13-,14-,15-,16-;/m0./s1. The Morgan fingerprint density at radius 1 is 1.08 bits per heavy atom. The number of carbonyl (C=O) groups is 5. The molecule has 1 heterocycles. The third-order valence-corrected chi connectivity index (χ3v) is 5.30. The van der Waals surface area contributed by atoms with Gasteiger partial charge in [0.1, 0.15) is 12.1 Å². The smallest absolute Gasteiger partial charge is 0.333 e. The maximum atomic E-state index is 12.8. The van der Waals surface area contributed by atoms with Crippen molar-refractivity contribution in [2.75, 3.05) is 20.1 Å². The minimum Gasteiger partial charge on any atom is -0.479 e. The highest BCUT2D eigenvalue weighted by Gasteiger charge is 2.32. The lowest BCUT2D eigenvalue weighted by molar-refractivity contribution is -0.144. The largest absolute Gasteiger partial charge is 0.479 e. The fraction of sp³-hybridized carbons (Fsp3) is 0.652. The van der Waals surface area contributed by atoms with E-state index in [0.717, 1.165) is 18.5 Å². The number of hydrogen-bond acceptors (Lipinski definition) is 7. The number of carbonyl (C=O) groups excluding carboxylic acids is 4. The van der Waals surface area contributed by atoms with Crippen LogP contribution in [0.2, 0.25) is 0 Å². The van der Waals surface area contributed by atoms with Gasteiger partial charge in [0.05, 0.1) is 6.04 Å². The molecule has 0 aromatic carbocycles. The van der Waals surface area contributed by atoms with Crippen LogP contribution in [0.4, 0.5) is 0 Å². The predicted molar refractivity (Wildman–Crippen MR) is 136 cm³/mol. The number of nitrogens with zero attached hydrogens (tertiary/aromatic N) is 2. The molecule has 13 nitrogen and oxygen atoms in total. The molecule has 1 aliphatic rings. The van der Waals surface area contributed by atoms with E-state index in [9.17, 15) is 24.0 Å². The van der Waals surface area contributed by atoms with Gasteiger partial charge in [-0.3, -0.25) is 24.3 Å². The number of amides is 3. The van der Waals surface area contributed by atoms with E-state index in [1.807, 2.05) is 38.8 Å². The molecule has 0 aliphatic carbocycles. The molecular weight excluding hydrogens is 470 g/mol. The van der Waals surface area contributed by atoms with Gasteiger partial charge in [-0.2, -0.15) is 0 Å². The number of likely N-dealkylation sites (N-methyl/N-ethyl adjacent to an activating group) is 1. The quantitative estimate of drug-likeness (QED) is 0.0614. The van der Waals surface area contributed by atoms with Crippen LogP contribution in [0, 0.1) is 0 Å². The maximum absolute atomic E-state index is 12.8. The van der Waals surface area contributed by atoms with Gasteiger partial charge in [0, 0.05) is 6.54 Å². The van der Waals surface area contributed by atoms with E-state index >= 15 is 0 Å². The van der Waals surface area contributed by atoms with Gasteiger partial charge in [-0.1, -0.05) is 18.6 Å². The van der Waals surface area contributed by atoms with Gasteiger partial charge in [0.2, 0.25) is 17.7 Å². The molecule has 0 saturated carbocycles. The molecule has 0 aromatic rings. The first-order chi connectivity index (χ1) is 16.9. The van der Waals surface area contributed by atoms with E-state index in [1.165, 1.54) is 0 Å². The lowest BCUT2D eigenvalue weighted by atomic mass is 10.1. The first kappa shape index (κ1) is 32.5. The van der Waals surface area contributed by atoms with Crippen LogP contribution < -0.4 is 27.4 Å². The average molecular weight is 512 g/mol. The fourth-order valence-electron chi connectivity index (χ4n) is 3.31. The van der Waals surface area contributed by atoms with Gasteiger partial charge >= 0.3 is 5.97 Å². The van der Waals surface area contributed by atoms with Crippen LogP contribution in [-0.4, -0.2) is 90.2 Å². The highest BCUT2D eigenvalue weighted by Crippen LogP contribution is 2.15. The third kappa shape index (κ3) is 12.3. The topological polar surface area (TPSA) is 209 Å². The highest BCUT2D eigenvalue weighted by atomic mass is 16.4. The number of rotatable bonds is 12. The molecule has 0 bridgehead atoms. The fourth-order valence-corrected chi connectivity index (χ4v) is 3.31. The number of carboxylic acids is 1. The van der Waals surface area contributed by atoms with Crippen molar-refractivity contribution >= 4 is 35.9 Å². The summed E-state index contributed by atoms with van der Waals surface area (Å²) in [6, 6.07) is -3.92. The van der Waals surface area contributed by atoms with E-state index in [0.29, 0.717) is 13.0 Å². The van der Waals surface area contributed by atoms with Gasteiger partial charge in [-0.25, -0.2) is 4.79 Å². The summed E-state index contributed by atoms with van der Waals surface area (Å²) in [4.78, 5) is 65.0.